The Hall–Kier alpha value is -1.59. The van der Waals surface area contributed by atoms with E-state index < -0.39 is 0 Å². The number of hydrogen-bond acceptors (Lipinski definition) is 3. The van der Waals surface area contributed by atoms with Crippen molar-refractivity contribution in [2.75, 3.05) is 53.0 Å². The molecule has 0 aromatic heterocycles. The minimum atomic E-state index is 0.0955. The monoisotopic (exact) mass is 344 g/mol. The van der Waals surface area contributed by atoms with Gasteiger partial charge in [0.2, 0.25) is 0 Å². The molecule has 2 fully saturated rings. The van der Waals surface area contributed by atoms with Crippen molar-refractivity contribution in [1.82, 2.24) is 15.1 Å². The maximum atomic E-state index is 5.48. The summed E-state index contributed by atoms with van der Waals surface area (Å²) in [7, 11) is 1.89. The van der Waals surface area contributed by atoms with Crippen LogP contribution in [-0.4, -0.2) is 74.3 Å². The summed E-state index contributed by atoms with van der Waals surface area (Å²) in [4.78, 5) is 9.44. The van der Waals surface area contributed by atoms with E-state index in [4.69, 9.17) is 4.74 Å². The molecule has 138 valence electrons. The van der Waals surface area contributed by atoms with Crippen LogP contribution < -0.4 is 5.32 Å². The zero-order valence-corrected chi connectivity index (χ0v) is 15.9. The van der Waals surface area contributed by atoms with Gasteiger partial charge in [-0.3, -0.25) is 9.89 Å². The molecule has 0 aliphatic carbocycles. The fraction of sp³-hybridized carbons (Fsp3) is 0.650. The third-order valence-electron chi connectivity index (χ3n) is 5.52. The summed E-state index contributed by atoms with van der Waals surface area (Å²) in [5, 5.41) is 3.61. The number of nitrogens with one attached hydrogen (secondary N) is 1. The molecule has 0 saturated carbocycles. The van der Waals surface area contributed by atoms with E-state index in [1.807, 2.05) is 7.05 Å². The fourth-order valence-corrected chi connectivity index (χ4v) is 3.86. The molecule has 2 saturated heterocycles. The lowest BCUT2D eigenvalue weighted by atomic mass is 9.99. The zero-order valence-electron chi connectivity index (χ0n) is 15.9. The van der Waals surface area contributed by atoms with Crippen LogP contribution in [0, 0.1) is 0 Å². The Bertz CT molecular complexity index is 566. The summed E-state index contributed by atoms with van der Waals surface area (Å²) in [6.07, 6.45) is 1.19. The standard InChI is InChI=1S/C20H32N4O/c1-20(2,24-11-13-25-14-12-24)16-22-19(21-3)23-10-9-18(15-23)17-7-5-4-6-8-17/h4-8,18H,9-16H2,1-3H3,(H,21,22). The van der Waals surface area contributed by atoms with Crippen LogP contribution in [0.15, 0.2) is 35.3 Å². The van der Waals surface area contributed by atoms with Crippen LogP contribution >= 0.6 is 0 Å². The second kappa shape index (κ2) is 8.19. The number of morpholine rings is 1. The van der Waals surface area contributed by atoms with E-state index in [0.29, 0.717) is 5.92 Å². The number of benzene rings is 1. The second-order valence-corrected chi connectivity index (χ2v) is 7.65. The van der Waals surface area contributed by atoms with Gasteiger partial charge in [0.25, 0.3) is 0 Å². The summed E-state index contributed by atoms with van der Waals surface area (Å²) < 4.78 is 5.48. The highest BCUT2D eigenvalue weighted by molar-refractivity contribution is 5.80. The van der Waals surface area contributed by atoms with E-state index in [9.17, 15) is 0 Å². The van der Waals surface area contributed by atoms with Crippen LogP contribution in [-0.2, 0) is 4.74 Å². The van der Waals surface area contributed by atoms with Gasteiger partial charge in [-0.05, 0) is 25.8 Å². The minimum Gasteiger partial charge on any atom is -0.379 e. The van der Waals surface area contributed by atoms with Crippen molar-refractivity contribution in [3.05, 3.63) is 35.9 Å². The van der Waals surface area contributed by atoms with E-state index in [0.717, 1.165) is 51.9 Å². The number of aliphatic imine (C=N–C) groups is 1. The van der Waals surface area contributed by atoms with Crippen molar-refractivity contribution in [2.45, 2.75) is 31.7 Å². The van der Waals surface area contributed by atoms with Gasteiger partial charge in [-0.2, -0.15) is 0 Å². The van der Waals surface area contributed by atoms with E-state index in [-0.39, 0.29) is 5.54 Å². The first-order chi connectivity index (χ1) is 12.1. The predicted octanol–water partition coefficient (Wildman–Crippen LogP) is 2.16. The summed E-state index contributed by atoms with van der Waals surface area (Å²) in [6, 6.07) is 10.8. The number of hydrogen-bond donors (Lipinski definition) is 1. The molecule has 1 aromatic rings. The Morgan fingerprint density at radius 1 is 1.20 bits per heavy atom. The maximum Gasteiger partial charge on any atom is 0.193 e. The molecule has 1 aromatic carbocycles. The molecular formula is C20H32N4O. The van der Waals surface area contributed by atoms with E-state index in [2.05, 4.69) is 64.3 Å². The van der Waals surface area contributed by atoms with Gasteiger partial charge in [0, 0.05) is 51.2 Å². The first kappa shape index (κ1) is 18.2. The summed E-state index contributed by atoms with van der Waals surface area (Å²) >= 11 is 0. The highest BCUT2D eigenvalue weighted by atomic mass is 16.5. The first-order valence-electron chi connectivity index (χ1n) is 9.43. The van der Waals surface area contributed by atoms with Gasteiger partial charge in [0.05, 0.1) is 13.2 Å². The van der Waals surface area contributed by atoms with Gasteiger partial charge >= 0.3 is 0 Å². The Balaban J connectivity index is 1.54. The average molecular weight is 345 g/mol. The Kier molecular flexibility index (Phi) is 5.97. The van der Waals surface area contributed by atoms with Gasteiger partial charge < -0.3 is 15.0 Å². The van der Waals surface area contributed by atoms with Crippen LogP contribution in [0.4, 0.5) is 0 Å². The minimum absolute atomic E-state index is 0.0955. The number of rotatable bonds is 4. The molecule has 0 spiro atoms. The lowest BCUT2D eigenvalue weighted by molar-refractivity contribution is -0.00846. The summed E-state index contributed by atoms with van der Waals surface area (Å²) in [6.45, 7) is 11.3. The van der Waals surface area contributed by atoms with Crippen LogP contribution in [0.1, 0.15) is 31.7 Å². The highest BCUT2D eigenvalue weighted by Gasteiger charge is 2.30. The molecule has 1 N–H and O–H groups in total. The van der Waals surface area contributed by atoms with Crippen molar-refractivity contribution in [1.29, 1.82) is 0 Å². The molecule has 0 bridgehead atoms. The molecule has 2 aliphatic rings. The SMILES string of the molecule is CN=C(NCC(C)(C)N1CCOCC1)N1CCC(c2ccccc2)C1. The Morgan fingerprint density at radius 2 is 1.92 bits per heavy atom. The lowest BCUT2D eigenvalue weighted by Gasteiger charge is -2.41. The van der Waals surface area contributed by atoms with E-state index in [1.165, 1.54) is 12.0 Å². The van der Waals surface area contributed by atoms with E-state index >= 15 is 0 Å². The first-order valence-corrected chi connectivity index (χ1v) is 9.43. The molecule has 25 heavy (non-hydrogen) atoms. The largest absolute Gasteiger partial charge is 0.379 e. The maximum absolute atomic E-state index is 5.48. The molecule has 0 amide bonds. The van der Waals surface area contributed by atoms with Crippen LogP contribution in [0.2, 0.25) is 0 Å². The average Bonchev–Trinajstić information content (AvgIpc) is 3.14. The fourth-order valence-electron chi connectivity index (χ4n) is 3.86. The molecule has 5 nitrogen and oxygen atoms in total. The summed E-state index contributed by atoms with van der Waals surface area (Å²) in [5.41, 5.74) is 1.53. The number of likely N-dealkylation sites (tertiary alicyclic amines) is 1. The van der Waals surface area contributed by atoms with Crippen molar-refractivity contribution >= 4 is 5.96 Å². The van der Waals surface area contributed by atoms with Crippen LogP contribution in [0.25, 0.3) is 0 Å². The number of guanidine groups is 1. The van der Waals surface area contributed by atoms with Crippen LogP contribution in [0.5, 0.6) is 0 Å². The van der Waals surface area contributed by atoms with Gasteiger partial charge in [0.1, 0.15) is 0 Å². The quantitative estimate of drug-likeness (QED) is 0.671. The van der Waals surface area contributed by atoms with Gasteiger partial charge in [-0.1, -0.05) is 30.3 Å². The predicted molar refractivity (Wildman–Crippen MR) is 103 cm³/mol. The normalized spacial score (nSPS) is 23.1. The number of ether oxygens (including phenoxy) is 1. The van der Waals surface area contributed by atoms with Gasteiger partial charge in [-0.15, -0.1) is 0 Å². The second-order valence-electron chi connectivity index (χ2n) is 7.65. The van der Waals surface area contributed by atoms with Crippen molar-refractivity contribution in [3.8, 4) is 0 Å². The Morgan fingerprint density at radius 3 is 2.60 bits per heavy atom. The lowest BCUT2D eigenvalue weighted by Crippen LogP contribution is -2.56. The third-order valence-corrected chi connectivity index (χ3v) is 5.52. The highest BCUT2D eigenvalue weighted by Crippen LogP contribution is 2.27. The van der Waals surface area contributed by atoms with Crippen molar-refractivity contribution < 1.29 is 4.74 Å². The zero-order chi connectivity index (χ0) is 17.7. The van der Waals surface area contributed by atoms with Gasteiger partial charge in [-0.25, -0.2) is 0 Å². The molecular weight excluding hydrogens is 312 g/mol. The molecule has 5 heteroatoms. The molecule has 0 radical (unpaired) electrons. The van der Waals surface area contributed by atoms with E-state index in [1.54, 1.807) is 0 Å². The van der Waals surface area contributed by atoms with Crippen molar-refractivity contribution in [2.24, 2.45) is 4.99 Å². The van der Waals surface area contributed by atoms with Crippen molar-refractivity contribution in [3.63, 3.8) is 0 Å². The van der Waals surface area contributed by atoms with Crippen LogP contribution in [0.3, 0.4) is 0 Å². The topological polar surface area (TPSA) is 40.1 Å². The molecule has 1 unspecified atom stereocenters. The smallest absolute Gasteiger partial charge is 0.193 e. The Labute approximate surface area is 152 Å². The summed E-state index contributed by atoms with van der Waals surface area (Å²) in [5.74, 6) is 1.63. The number of nitrogens with zero attached hydrogens (tertiary/aromatic N) is 3. The third kappa shape index (κ3) is 4.53. The molecule has 2 heterocycles. The molecule has 3 rings (SSSR count). The molecule has 2 aliphatic heterocycles. The van der Waals surface area contributed by atoms with Gasteiger partial charge in [0.15, 0.2) is 5.96 Å². The molecule has 1 atom stereocenters.